The molecule has 1 aliphatic heterocycles. The lowest BCUT2D eigenvalue weighted by molar-refractivity contribution is 0.0593. The zero-order valence-corrected chi connectivity index (χ0v) is 20.0. The number of anilines is 1. The van der Waals surface area contributed by atoms with E-state index in [2.05, 4.69) is 10.3 Å². The molecule has 0 saturated heterocycles. The molecule has 1 atom stereocenters. The maximum atomic E-state index is 13.0. The number of aromatic nitrogens is 2. The van der Waals surface area contributed by atoms with Crippen LogP contribution in [0, 0.1) is 0 Å². The van der Waals surface area contributed by atoms with Gasteiger partial charge in [0.25, 0.3) is 17.7 Å². The fourth-order valence-electron chi connectivity index (χ4n) is 3.97. The molecule has 0 spiro atoms. The van der Waals surface area contributed by atoms with Crippen LogP contribution in [0.4, 0.5) is 5.69 Å². The largest absolute Gasteiger partial charge is 0.322 e. The van der Waals surface area contributed by atoms with E-state index < -0.39 is 0 Å². The smallest absolute Gasteiger partial charge is 0.261 e. The summed E-state index contributed by atoms with van der Waals surface area (Å²) in [7, 11) is 0. The zero-order chi connectivity index (χ0) is 24.5. The fraction of sp³-hybridized carbons (Fsp3) is 0.148. The molecule has 2 aromatic heterocycles. The summed E-state index contributed by atoms with van der Waals surface area (Å²) in [5.41, 5.74) is 4.14. The summed E-state index contributed by atoms with van der Waals surface area (Å²) in [6.45, 7) is 3.76. The minimum absolute atomic E-state index is 0.202. The third-order valence-electron chi connectivity index (χ3n) is 6.04. The Bertz CT molecular complexity index is 1450. The van der Waals surface area contributed by atoms with Crippen LogP contribution in [0.5, 0.6) is 0 Å². The molecule has 4 aromatic rings. The molecule has 0 saturated carbocycles. The maximum Gasteiger partial charge on any atom is 0.261 e. The number of thiazole rings is 1. The molecular weight excluding hydrogens is 460 g/mol. The van der Waals surface area contributed by atoms with Crippen molar-refractivity contribution in [3.8, 4) is 21.8 Å². The SMILES string of the molecule is CCC(C)N1C(=O)c2ccc(C(=O)Nc3cccc(-c4csc(-c5cccnc5)n4)c3)cc2C1=O. The van der Waals surface area contributed by atoms with E-state index in [0.717, 1.165) is 21.8 Å². The lowest BCUT2D eigenvalue weighted by Crippen LogP contribution is -2.37. The first kappa shape index (κ1) is 22.6. The van der Waals surface area contributed by atoms with Gasteiger partial charge in [0.05, 0.1) is 16.8 Å². The summed E-state index contributed by atoms with van der Waals surface area (Å²) in [5, 5.41) is 5.72. The van der Waals surface area contributed by atoms with Gasteiger partial charge in [-0.3, -0.25) is 24.3 Å². The number of hydrogen-bond acceptors (Lipinski definition) is 6. The van der Waals surface area contributed by atoms with Crippen LogP contribution in [0.15, 0.2) is 72.4 Å². The van der Waals surface area contributed by atoms with Crippen LogP contribution >= 0.6 is 11.3 Å². The molecule has 7 nitrogen and oxygen atoms in total. The first-order chi connectivity index (χ1) is 17.0. The van der Waals surface area contributed by atoms with Gasteiger partial charge in [0.15, 0.2) is 0 Å². The molecule has 0 bridgehead atoms. The molecule has 8 heteroatoms. The number of carbonyl (C=O) groups is 3. The van der Waals surface area contributed by atoms with E-state index in [4.69, 9.17) is 4.98 Å². The predicted molar refractivity (Wildman–Crippen MR) is 135 cm³/mol. The number of imide groups is 1. The Morgan fingerprint density at radius 3 is 2.60 bits per heavy atom. The van der Waals surface area contributed by atoms with E-state index in [1.165, 1.54) is 22.3 Å². The Kier molecular flexibility index (Phi) is 5.96. The van der Waals surface area contributed by atoms with Crippen molar-refractivity contribution in [3.05, 3.63) is 89.1 Å². The number of nitrogens with one attached hydrogen (secondary N) is 1. The summed E-state index contributed by atoms with van der Waals surface area (Å²) in [6.07, 6.45) is 4.16. The quantitative estimate of drug-likeness (QED) is 0.365. The molecule has 174 valence electrons. The first-order valence-electron chi connectivity index (χ1n) is 11.3. The summed E-state index contributed by atoms with van der Waals surface area (Å²) in [6, 6.07) is 15.7. The number of carbonyl (C=O) groups excluding carboxylic acids is 3. The average molecular weight is 483 g/mol. The zero-order valence-electron chi connectivity index (χ0n) is 19.2. The van der Waals surface area contributed by atoms with Gasteiger partial charge < -0.3 is 5.32 Å². The highest BCUT2D eigenvalue weighted by Gasteiger charge is 2.38. The van der Waals surface area contributed by atoms with Crippen molar-refractivity contribution in [3.63, 3.8) is 0 Å². The van der Waals surface area contributed by atoms with Crippen LogP contribution in [0.2, 0.25) is 0 Å². The van der Waals surface area contributed by atoms with Gasteiger partial charge in [-0.25, -0.2) is 4.98 Å². The highest BCUT2D eigenvalue weighted by Crippen LogP contribution is 2.30. The molecule has 1 aliphatic rings. The van der Waals surface area contributed by atoms with Crippen molar-refractivity contribution in [1.82, 2.24) is 14.9 Å². The van der Waals surface area contributed by atoms with Gasteiger partial charge in [-0.15, -0.1) is 11.3 Å². The van der Waals surface area contributed by atoms with Crippen molar-refractivity contribution in [1.29, 1.82) is 0 Å². The molecule has 3 heterocycles. The van der Waals surface area contributed by atoms with E-state index in [9.17, 15) is 14.4 Å². The topological polar surface area (TPSA) is 92.3 Å². The number of amides is 3. The number of rotatable bonds is 6. The Balaban J connectivity index is 1.35. The van der Waals surface area contributed by atoms with Crippen LogP contribution in [0.3, 0.4) is 0 Å². The Hall–Kier alpha value is -4.17. The van der Waals surface area contributed by atoms with Crippen molar-refractivity contribution in [2.75, 3.05) is 5.32 Å². The Morgan fingerprint density at radius 2 is 1.83 bits per heavy atom. The summed E-state index contributed by atoms with van der Waals surface area (Å²) < 4.78 is 0. The summed E-state index contributed by atoms with van der Waals surface area (Å²) in [5.74, 6) is -1.03. The van der Waals surface area contributed by atoms with Gasteiger partial charge in [-0.2, -0.15) is 0 Å². The van der Waals surface area contributed by atoms with Gasteiger partial charge >= 0.3 is 0 Å². The molecular formula is C27H22N4O3S. The van der Waals surface area contributed by atoms with Crippen LogP contribution in [-0.4, -0.2) is 38.6 Å². The van der Waals surface area contributed by atoms with Crippen LogP contribution in [0.1, 0.15) is 51.3 Å². The van der Waals surface area contributed by atoms with Crippen molar-refractivity contribution in [2.45, 2.75) is 26.3 Å². The van der Waals surface area contributed by atoms with Gasteiger partial charge in [0, 0.05) is 46.2 Å². The average Bonchev–Trinajstić information content (AvgIpc) is 3.48. The predicted octanol–water partition coefficient (Wildman–Crippen LogP) is 5.52. The molecule has 35 heavy (non-hydrogen) atoms. The van der Waals surface area contributed by atoms with Gasteiger partial charge in [-0.1, -0.05) is 19.1 Å². The highest BCUT2D eigenvalue weighted by molar-refractivity contribution is 7.13. The second-order valence-corrected chi connectivity index (χ2v) is 9.17. The third-order valence-corrected chi connectivity index (χ3v) is 6.93. The van der Waals surface area contributed by atoms with E-state index in [1.54, 1.807) is 30.6 Å². The maximum absolute atomic E-state index is 13.0. The second kappa shape index (κ2) is 9.23. The number of nitrogens with zero attached hydrogens (tertiary/aromatic N) is 3. The molecule has 0 aliphatic carbocycles. The lowest BCUT2D eigenvalue weighted by atomic mass is 10.0. The number of benzene rings is 2. The van der Waals surface area contributed by atoms with Gasteiger partial charge in [-0.05, 0) is 55.8 Å². The van der Waals surface area contributed by atoms with E-state index >= 15 is 0 Å². The minimum atomic E-state index is -0.360. The standard InChI is InChI=1S/C27H22N4O3S/c1-3-16(2)31-26(33)21-10-9-18(13-22(21)27(31)34)24(32)29-20-8-4-6-17(12-20)23-15-35-25(30-23)19-7-5-11-28-14-19/h4-16H,3H2,1-2H3,(H,29,32). The Labute approximate surface area is 206 Å². The first-order valence-corrected chi connectivity index (χ1v) is 12.1. The van der Waals surface area contributed by atoms with Gasteiger partial charge in [0.1, 0.15) is 5.01 Å². The summed E-state index contributed by atoms with van der Waals surface area (Å²) >= 11 is 1.53. The molecule has 1 N–H and O–H groups in total. The second-order valence-electron chi connectivity index (χ2n) is 8.31. The fourth-order valence-corrected chi connectivity index (χ4v) is 4.79. The van der Waals surface area contributed by atoms with Crippen molar-refractivity contribution >= 4 is 34.7 Å². The van der Waals surface area contributed by atoms with Crippen LogP contribution in [0.25, 0.3) is 21.8 Å². The molecule has 2 aromatic carbocycles. The normalized spacial score (nSPS) is 13.6. The van der Waals surface area contributed by atoms with E-state index in [-0.39, 0.29) is 29.3 Å². The monoisotopic (exact) mass is 482 g/mol. The third kappa shape index (κ3) is 4.24. The molecule has 3 amide bonds. The van der Waals surface area contributed by atoms with E-state index in [1.807, 2.05) is 49.6 Å². The van der Waals surface area contributed by atoms with Crippen LogP contribution < -0.4 is 5.32 Å². The minimum Gasteiger partial charge on any atom is -0.322 e. The van der Waals surface area contributed by atoms with Crippen molar-refractivity contribution in [2.24, 2.45) is 0 Å². The number of fused-ring (bicyclic) bond motifs is 1. The van der Waals surface area contributed by atoms with Gasteiger partial charge in [0.2, 0.25) is 0 Å². The molecule has 0 radical (unpaired) electrons. The highest BCUT2D eigenvalue weighted by atomic mass is 32.1. The molecule has 1 unspecified atom stereocenters. The number of hydrogen-bond donors (Lipinski definition) is 1. The van der Waals surface area contributed by atoms with E-state index in [0.29, 0.717) is 23.2 Å². The van der Waals surface area contributed by atoms with Crippen molar-refractivity contribution < 1.29 is 14.4 Å². The summed E-state index contributed by atoms with van der Waals surface area (Å²) in [4.78, 5) is 48.5. The molecule has 5 rings (SSSR count). The van der Waals surface area contributed by atoms with Crippen LogP contribution in [-0.2, 0) is 0 Å². The molecule has 0 fully saturated rings. The Morgan fingerprint density at radius 1 is 1.03 bits per heavy atom. The number of pyridine rings is 1. The lowest BCUT2D eigenvalue weighted by Gasteiger charge is -2.20.